The van der Waals surface area contributed by atoms with Gasteiger partial charge in [0.2, 0.25) is 5.91 Å². The Bertz CT molecular complexity index is 891. The molecule has 2 aromatic carbocycles. The SMILES string of the molecule is Cc1cc(CNCCc2ccccc2)cnc1-c1cccc(C(N)=O)c1. The fraction of sp³-hybridized carbons (Fsp3) is 0.182. The summed E-state index contributed by atoms with van der Waals surface area (Å²) in [6.45, 7) is 3.74. The number of aryl methyl sites for hydroxylation is 1. The number of rotatable bonds is 7. The molecule has 0 spiro atoms. The van der Waals surface area contributed by atoms with Crippen LogP contribution in [-0.4, -0.2) is 17.4 Å². The minimum atomic E-state index is -0.427. The topological polar surface area (TPSA) is 68.0 Å². The lowest BCUT2D eigenvalue weighted by atomic mass is 10.0. The lowest BCUT2D eigenvalue weighted by molar-refractivity contribution is 0.100. The zero-order valence-corrected chi connectivity index (χ0v) is 14.9. The van der Waals surface area contributed by atoms with Crippen molar-refractivity contribution in [3.8, 4) is 11.3 Å². The molecule has 26 heavy (non-hydrogen) atoms. The average Bonchev–Trinajstić information content (AvgIpc) is 2.66. The highest BCUT2D eigenvalue weighted by atomic mass is 16.1. The van der Waals surface area contributed by atoms with Crippen LogP contribution < -0.4 is 11.1 Å². The molecule has 0 bridgehead atoms. The Labute approximate surface area is 154 Å². The third-order valence-electron chi connectivity index (χ3n) is 4.32. The van der Waals surface area contributed by atoms with Crippen LogP contribution in [0, 0.1) is 6.92 Å². The molecule has 0 radical (unpaired) electrons. The van der Waals surface area contributed by atoms with E-state index in [0.717, 1.165) is 41.9 Å². The molecule has 132 valence electrons. The summed E-state index contributed by atoms with van der Waals surface area (Å²) in [7, 11) is 0. The standard InChI is InChI=1S/C22H23N3O/c1-16-12-18(14-24-11-10-17-6-3-2-4-7-17)15-25-21(16)19-8-5-9-20(13-19)22(23)26/h2-9,12-13,15,24H,10-11,14H2,1H3,(H2,23,26). The van der Waals surface area contributed by atoms with Crippen LogP contribution in [-0.2, 0) is 13.0 Å². The summed E-state index contributed by atoms with van der Waals surface area (Å²) >= 11 is 0. The van der Waals surface area contributed by atoms with E-state index in [9.17, 15) is 4.79 Å². The molecule has 0 unspecified atom stereocenters. The van der Waals surface area contributed by atoms with Gasteiger partial charge in [-0.25, -0.2) is 0 Å². The first kappa shape index (κ1) is 17.8. The monoisotopic (exact) mass is 345 g/mol. The third-order valence-corrected chi connectivity index (χ3v) is 4.32. The van der Waals surface area contributed by atoms with Crippen LogP contribution in [0.4, 0.5) is 0 Å². The summed E-state index contributed by atoms with van der Waals surface area (Å²) in [5.41, 5.74) is 11.2. The van der Waals surface area contributed by atoms with Gasteiger partial charge in [0.1, 0.15) is 0 Å². The maximum atomic E-state index is 11.4. The molecule has 1 amide bonds. The number of nitrogens with one attached hydrogen (secondary N) is 1. The van der Waals surface area contributed by atoms with Crippen molar-refractivity contribution < 1.29 is 4.79 Å². The fourth-order valence-electron chi connectivity index (χ4n) is 2.96. The predicted molar refractivity (Wildman–Crippen MR) is 105 cm³/mol. The maximum Gasteiger partial charge on any atom is 0.248 e. The zero-order valence-electron chi connectivity index (χ0n) is 14.9. The molecule has 1 heterocycles. The molecule has 3 N–H and O–H groups in total. The van der Waals surface area contributed by atoms with E-state index in [-0.39, 0.29) is 0 Å². The molecular formula is C22H23N3O. The second-order valence-electron chi connectivity index (χ2n) is 6.37. The van der Waals surface area contributed by atoms with Crippen molar-refractivity contribution >= 4 is 5.91 Å². The Morgan fingerprint density at radius 2 is 1.85 bits per heavy atom. The number of benzene rings is 2. The van der Waals surface area contributed by atoms with Crippen molar-refractivity contribution in [3.63, 3.8) is 0 Å². The van der Waals surface area contributed by atoms with E-state index in [1.165, 1.54) is 5.56 Å². The Balaban J connectivity index is 1.62. The Hall–Kier alpha value is -2.98. The van der Waals surface area contributed by atoms with E-state index in [1.54, 1.807) is 12.1 Å². The first-order valence-electron chi connectivity index (χ1n) is 8.74. The molecule has 4 nitrogen and oxygen atoms in total. The molecular weight excluding hydrogens is 322 g/mol. The summed E-state index contributed by atoms with van der Waals surface area (Å²) in [6, 6.07) is 19.9. The average molecular weight is 345 g/mol. The number of aromatic nitrogens is 1. The third kappa shape index (κ3) is 4.55. The van der Waals surface area contributed by atoms with Crippen molar-refractivity contribution in [2.75, 3.05) is 6.54 Å². The second kappa shape index (κ2) is 8.41. The summed E-state index contributed by atoms with van der Waals surface area (Å²) in [5, 5.41) is 3.46. The van der Waals surface area contributed by atoms with Gasteiger partial charge in [0.05, 0.1) is 5.69 Å². The van der Waals surface area contributed by atoms with Gasteiger partial charge in [0.25, 0.3) is 0 Å². The Morgan fingerprint density at radius 3 is 2.58 bits per heavy atom. The molecule has 0 aliphatic carbocycles. The summed E-state index contributed by atoms with van der Waals surface area (Å²) in [4.78, 5) is 16.0. The summed E-state index contributed by atoms with van der Waals surface area (Å²) in [5.74, 6) is -0.427. The Morgan fingerprint density at radius 1 is 1.04 bits per heavy atom. The first-order chi connectivity index (χ1) is 12.6. The second-order valence-corrected chi connectivity index (χ2v) is 6.37. The van der Waals surface area contributed by atoms with Gasteiger partial charge in [-0.1, -0.05) is 48.5 Å². The molecule has 4 heteroatoms. The molecule has 1 aromatic heterocycles. The number of pyridine rings is 1. The van der Waals surface area contributed by atoms with E-state index < -0.39 is 5.91 Å². The van der Waals surface area contributed by atoms with Gasteiger partial charge in [-0.15, -0.1) is 0 Å². The molecule has 0 atom stereocenters. The molecule has 0 saturated heterocycles. The number of amides is 1. The van der Waals surface area contributed by atoms with Crippen LogP contribution in [0.5, 0.6) is 0 Å². The van der Waals surface area contributed by atoms with E-state index in [0.29, 0.717) is 5.56 Å². The van der Waals surface area contributed by atoms with Gasteiger partial charge in [-0.05, 0) is 48.7 Å². The van der Waals surface area contributed by atoms with E-state index in [2.05, 4.69) is 40.6 Å². The van der Waals surface area contributed by atoms with Gasteiger partial charge in [-0.3, -0.25) is 9.78 Å². The molecule has 0 saturated carbocycles. The van der Waals surface area contributed by atoms with Crippen LogP contribution in [0.2, 0.25) is 0 Å². The number of nitrogens with two attached hydrogens (primary N) is 1. The number of hydrogen-bond donors (Lipinski definition) is 2. The van der Waals surface area contributed by atoms with Crippen molar-refractivity contribution in [2.24, 2.45) is 5.73 Å². The quantitative estimate of drug-likeness (QED) is 0.644. The highest BCUT2D eigenvalue weighted by Gasteiger charge is 2.08. The van der Waals surface area contributed by atoms with Gasteiger partial charge < -0.3 is 11.1 Å². The predicted octanol–water partition coefficient (Wildman–Crippen LogP) is 3.49. The summed E-state index contributed by atoms with van der Waals surface area (Å²) in [6.07, 6.45) is 2.89. The fourth-order valence-corrected chi connectivity index (χ4v) is 2.96. The van der Waals surface area contributed by atoms with Crippen LogP contribution in [0.25, 0.3) is 11.3 Å². The molecule has 0 fully saturated rings. The van der Waals surface area contributed by atoms with Crippen molar-refractivity contribution in [3.05, 3.63) is 89.1 Å². The largest absolute Gasteiger partial charge is 0.366 e. The number of hydrogen-bond acceptors (Lipinski definition) is 3. The highest BCUT2D eigenvalue weighted by Crippen LogP contribution is 2.22. The number of primary amides is 1. The smallest absolute Gasteiger partial charge is 0.248 e. The minimum Gasteiger partial charge on any atom is -0.366 e. The lowest BCUT2D eigenvalue weighted by Gasteiger charge is -2.10. The van der Waals surface area contributed by atoms with Gasteiger partial charge in [-0.2, -0.15) is 0 Å². The van der Waals surface area contributed by atoms with E-state index in [4.69, 9.17) is 5.73 Å². The lowest BCUT2D eigenvalue weighted by Crippen LogP contribution is -2.17. The van der Waals surface area contributed by atoms with Gasteiger partial charge in [0.15, 0.2) is 0 Å². The molecule has 0 aliphatic rings. The summed E-state index contributed by atoms with van der Waals surface area (Å²) < 4.78 is 0. The number of carbonyl (C=O) groups is 1. The zero-order chi connectivity index (χ0) is 18.4. The highest BCUT2D eigenvalue weighted by molar-refractivity contribution is 5.94. The van der Waals surface area contributed by atoms with Crippen LogP contribution in [0.1, 0.15) is 27.0 Å². The van der Waals surface area contributed by atoms with Gasteiger partial charge >= 0.3 is 0 Å². The van der Waals surface area contributed by atoms with Crippen LogP contribution >= 0.6 is 0 Å². The van der Waals surface area contributed by atoms with Crippen LogP contribution in [0.15, 0.2) is 66.9 Å². The number of carbonyl (C=O) groups excluding carboxylic acids is 1. The molecule has 0 aliphatic heterocycles. The molecule has 3 aromatic rings. The Kier molecular flexibility index (Phi) is 5.77. The first-order valence-corrected chi connectivity index (χ1v) is 8.74. The van der Waals surface area contributed by atoms with E-state index in [1.807, 2.05) is 31.3 Å². The van der Waals surface area contributed by atoms with Crippen molar-refractivity contribution in [1.82, 2.24) is 10.3 Å². The molecule has 3 rings (SSSR count). The maximum absolute atomic E-state index is 11.4. The normalized spacial score (nSPS) is 10.7. The van der Waals surface area contributed by atoms with Crippen LogP contribution in [0.3, 0.4) is 0 Å². The number of nitrogens with zero attached hydrogens (tertiary/aromatic N) is 1. The van der Waals surface area contributed by atoms with E-state index >= 15 is 0 Å². The van der Waals surface area contributed by atoms with Crippen molar-refractivity contribution in [2.45, 2.75) is 19.9 Å². The van der Waals surface area contributed by atoms with Crippen molar-refractivity contribution in [1.29, 1.82) is 0 Å². The minimum absolute atomic E-state index is 0.427. The van der Waals surface area contributed by atoms with Gasteiger partial charge in [0, 0.05) is 23.9 Å².